The number of hydrogen-bond acceptors (Lipinski definition) is 6. The number of anilines is 2. The van der Waals surface area contributed by atoms with E-state index in [1.807, 2.05) is 69.9 Å². The van der Waals surface area contributed by atoms with Crippen LogP contribution in [0.25, 0.3) is 16.6 Å². The van der Waals surface area contributed by atoms with Crippen molar-refractivity contribution < 1.29 is 14.0 Å². The summed E-state index contributed by atoms with van der Waals surface area (Å²) in [7, 11) is 0. The predicted octanol–water partition coefficient (Wildman–Crippen LogP) is 6.57. The highest BCUT2D eigenvalue weighted by Gasteiger charge is 2.26. The zero-order valence-corrected chi connectivity index (χ0v) is 24.6. The minimum Gasteiger partial charge on any atom is -0.349 e. The molecule has 0 bridgehead atoms. The van der Waals surface area contributed by atoms with E-state index < -0.39 is 5.82 Å². The van der Waals surface area contributed by atoms with Gasteiger partial charge in [-0.3, -0.25) is 14.3 Å². The highest BCUT2D eigenvalue weighted by molar-refractivity contribution is 6.00. The molecule has 1 fully saturated rings. The first-order valence-corrected chi connectivity index (χ1v) is 15.2. The van der Waals surface area contributed by atoms with E-state index in [1.165, 1.54) is 6.07 Å². The molecule has 2 N–H and O–H groups in total. The molecule has 2 aromatic carbocycles. The summed E-state index contributed by atoms with van der Waals surface area (Å²) in [6.45, 7) is 0.654. The second-order valence-electron chi connectivity index (χ2n) is 11.6. The molecule has 0 radical (unpaired) electrons. The third kappa shape index (κ3) is 6.31. The average molecular weight is 602 g/mol. The van der Waals surface area contributed by atoms with Gasteiger partial charge < -0.3 is 15.0 Å². The molecule has 45 heavy (non-hydrogen) atoms. The Morgan fingerprint density at radius 1 is 0.933 bits per heavy atom. The molecule has 1 aliphatic rings. The van der Waals surface area contributed by atoms with Crippen LogP contribution in [0, 0.1) is 11.7 Å². The molecule has 6 aromatic rings. The van der Waals surface area contributed by atoms with Crippen molar-refractivity contribution in [3.05, 3.63) is 120 Å². The fourth-order valence-electron chi connectivity index (χ4n) is 6.11. The SMILES string of the molecule is O=C(CC1CCC(NC(=O)c2cc(F)cnc2Nc2ccc3c(cnn3Cc3ccccc3)c2)CC1)c1cn2ccccc2n1. The molecule has 0 aliphatic heterocycles. The number of amides is 1. The van der Waals surface area contributed by atoms with Gasteiger partial charge in [0.25, 0.3) is 5.91 Å². The molecule has 0 spiro atoms. The van der Waals surface area contributed by atoms with E-state index in [1.54, 1.807) is 12.4 Å². The molecule has 0 unspecified atom stereocenters. The predicted molar refractivity (Wildman–Crippen MR) is 170 cm³/mol. The summed E-state index contributed by atoms with van der Waals surface area (Å²) >= 11 is 0. The van der Waals surface area contributed by atoms with Crippen molar-refractivity contribution in [2.75, 3.05) is 5.32 Å². The maximum Gasteiger partial charge on any atom is 0.255 e. The Morgan fingerprint density at radius 3 is 2.58 bits per heavy atom. The highest BCUT2D eigenvalue weighted by atomic mass is 19.1. The number of nitrogens with zero attached hydrogens (tertiary/aromatic N) is 5. The summed E-state index contributed by atoms with van der Waals surface area (Å²) in [4.78, 5) is 34.9. The van der Waals surface area contributed by atoms with E-state index in [2.05, 4.69) is 37.8 Å². The van der Waals surface area contributed by atoms with Gasteiger partial charge in [0, 0.05) is 35.9 Å². The summed E-state index contributed by atoms with van der Waals surface area (Å²) in [5, 5.41) is 11.7. The van der Waals surface area contributed by atoms with Gasteiger partial charge in [-0.25, -0.2) is 14.4 Å². The molecule has 4 heterocycles. The summed E-state index contributed by atoms with van der Waals surface area (Å²) in [5.41, 5.74) is 4.22. The van der Waals surface area contributed by atoms with Crippen molar-refractivity contribution in [1.82, 2.24) is 29.5 Å². The van der Waals surface area contributed by atoms with Crippen molar-refractivity contribution in [1.29, 1.82) is 0 Å². The van der Waals surface area contributed by atoms with Crippen LogP contribution >= 0.6 is 0 Å². The Morgan fingerprint density at radius 2 is 1.76 bits per heavy atom. The molecule has 0 saturated heterocycles. The van der Waals surface area contributed by atoms with Crippen LogP contribution in [0.5, 0.6) is 0 Å². The van der Waals surface area contributed by atoms with Crippen molar-refractivity contribution in [3.63, 3.8) is 0 Å². The minimum absolute atomic E-state index is 0.0365. The zero-order valence-electron chi connectivity index (χ0n) is 24.6. The van der Waals surface area contributed by atoms with Gasteiger partial charge in [-0.05, 0) is 73.6 Å². The fraction of sp³-hybridized carbons (Fsp3) is 0.229. The number of nitrogens with one attached hydrogen (secondary N) is 2. The van der Waals surface area contributed by atoms with Crippen LogP contribution in [0.2, 0.25) is 0 Å². The van der Waals surface area contributed by atoms with Gasteiger partial charge in [-0.15, -0.1) is 0 Å². The first-order chi connectivity index (χ1) is 22.0. The number of halogens is 1. The smallest absolute Gasteiger partial charge is 0.255 e. The maximum absolute atomic E-state index is 14.3. The van der Waals surface area contributed by atoms with E-state index in [4.69, 9.17) is 0 Å². The second-order valence-corrected chi connectivity index (χ2v) is 11.6. The van der Waals surface area contributed by atoms with Crippen LogP contribution in [-0.2, 0) is 6.54 Å². The van der Waals surface area contributed by atoms with Gasteiger partial charge in [0.2, 0.25) is 0 Å². The number of aromatic nitrogens is 5. The van der Waals surface area contributed by atoms with E-state index in [0.717, 1.165) is 54.0 Å². The summed E-state index contributed by atoms with van der Waals surface area (Å²) in [5.74, 6) is -0.426. The molecular formula is C35H32FN7O2. The Balaban J connectivity index is 0.977. The molecule has 226 valence electrons. The highest BCUT2D eigenvalue weighted by Crippen LogP contribution is 2.29. The van der Waals surface area contributed by atoms with E-state index in [-0.39, 0.29) is 35.0 Å². The first kappa shape index (κ1) is 28.4. The van der Waals surface area contributed by atoms with Crippen LogP contribution in [0.1, 0.15) is 58.5 Å². The summed E-state index contributed by atoms with van der Waals surface area (Å²) in [6.07, 6.45) is 10.1. The number of pyridine rings is 2. The van der Waals surface area contributed by atoms with Gasteiger partial charge in [0.1, 0.15) is 23.0 Å². The van der Waals surface area contributed by atoms with Crippen LogP contribution in [0.4, 0.5) is 15.9 Å². The van der Waals surface area contributed by atoms with Crippen molar-refractivity contribution >= 4 is 39.7 Å². The molecule has 1 saturated carbocycles. The van der Waals surface area contributed by atoms with Crippen molar-refractivity contribution in [2.24, 2.45) is 5.92 Å². The molecule has 10 heteroatoms. The summed E-state index contributed by atoms with van der Waals surface area (Å²) < 4.78 is 18.1. The second kappa shape index (κ2) is 12.3. The van der Waals surface area contributed by atoms with Gasteiger partial charge >= 0.3 is 0 Å². The molecule has 0 atom stereocenters. The van der Waals surface area contributed by atoms with Crippen LogP contribution < -0.4 is 10.6 Å². The number of imidazole rings is 1. The van der Waals surface area contributed by atoms with E-state index in [0.29, 0.717) is 24.3 Å². The lowest BCUT2D eigenvalue weighted by atomic mass is 9.83. The van der Waals surface area contributed by atoms with Gasteiger partial charge in [-0.1, -0.05) is 36.4 Å². The van der Waals surface area contributed by atoms with Crippen LogP contribution in [0.3, 0.4) is 0 Å². The third-order valence-corrected chi connectivity index (χ3v) is 8.48. The Bertz CT molecular complexity index is 1960. The van der Waals surface area contributed by atoms with Gasteiger partial charge in [0.15, 0.2) is 5.78 Å². The monoisotopic (exact) mass is 601 g/mol. The lowest BCUT2D eigenvalue weighted by Gasteiger charge is -2.28. The van der Waals surface area contributed by atoms with Gasteiger partial charge in [0.05, 0.1) is 30.0 Å². The lowest BCUT2D eigenvalue weighted by Crippen LogP contribution is -2.38. The normalized spacial score (nSPS) is 16.6. The lowest BCUT2D eigenvalue weighted by molar-refractivity contribution is 0.0895. The Kier molecular flexibility index (Phi) is 7.77. The first-order valence-electron chi connectivity index (χ1n) is 15.2. The Labute approximate surface area is 259 Å². The molecule has 7 rings (SSSR count). The van der Waals surface area contributed by atoms with E-state index in [9.17, 15) is 14.0 Å². The number of hydrogen-bond donors (Lipinski definition) is 2. The third-order valence-electron chi connectivity index (χ3n) is 8.48. The number of Topliss-reactive ketones (excluding diaryl/α,β-unsaturated/α-hetero) is 1. The molecule has 4 aromatic heterocycles. The fourth-order valence-corrected chi connectivity index (χ4v) is 6.11. The number of benzene rings is 2. The van der Waals surface area contributed by atoms with Crippen molar-refractivity contribution in [3.8, 4) is 0 Å². The maximum atomic E-state index is 14.3. The Hall–Kier alpha value is -5.38. The number of fused-ring (bicyclic) bond motifs is 2. The van der Waals surface area contributed by atoms with Gasteiger partial charge in [-0.2, -0.15) is 5.10 Å². The standard InChI is InChI=1S/C35H32FN7O2/c36-26-18-29(34(37-20-26)39-28-13-14-31-25(17-28)19-38-43(31)21-24-6-2-1-3-7-24)35(45)40-27-11-9-23(10-12-27)16-32(44)30-22-42-15-5-4-8-33(42)41-30/h1-8,13-15,17-20,22-23,27H,9-12,16,21H2,(H,37,39)(H,40,45). The summed E-state index contributed by atoms with van der Waals surface area (Å²) in [6, 6.07) is 22.7. The quantitative estimate of drug-likeness (QED) is 0.182. The minimum atomic E-state index is -0.586. The van der Waals surface area contributed by atoms with Crippen LogP contribution in [-0.4, -0.2) is 41.9 Å². The number of ketones is 1. The average Bonchev–Trinajstić information content (AvgIpc) is 3.67. The number of carbonyl (C=O) groups is 2. The molecular weight excluding hydrogens is 569 g/mol. The zero-order chi connectivity index (χ0) is 30.8. The number of rotatable bonds is 9. The van der Waals surface area contributed by atoms with Crippen LogP contribution in [0.15, 0.2) is 97.6 Å². The largest absolute Gasteiger partial charge is 0.349 e. The topological polar surface area (TPSA) is 106 Å². The molecule has 1 amide bonds. The molecule has 9 nitrogen and oxygen atoms in total. The van der Waals surface area contributed by atoms with E-state index >= 15 is 0 Å². The number of carbonyl (C=O) groups excluding carboxylic acids is 2. The molecule has 1 aliphatic carbocycles. The van der Waals surface area contributed by atoms with Crippen molar-refractivity contribution in [2.45, 2.75) is 44.7 Å².